The first-order valence-electron chi connectivity index (χ1n) is 7.64. The van der Waals surface area contributed by atoms with E-state index in [2.05, 4.69) is 20.8 Å². The molecular formula is C16H20N4O2. The van der Waals surface area contributed by atoms with Crippen molar-refractivity contribution >= 4 is 5.91 Å². The number of nitrogens with zero attached hydrogens (tertiary/aromatic N) is 2. The molecular weight excluding hydrogens is 280 g/mol. The molecule has 1 aromatic heterocycles. The van der Waals surface area contributed by atoms with Crippen LogP contribution in [-0.4, -0.2) is 29.1 Å². The van der Waals surface area contributed by atoms with Gasteiger partial charge in [-0.25, -0.2) is 0 Å². The van der Waals surface area contributed by atoms with Gasteiger partial charge in [0.05, 0.1) is 6.04 Å². The van der Waals surface area contributed by atoms with Crippen LogP contribution < -0.4 is 10.6 Å². The molecule has 0 bridgehead atoms. The van der Waals surface area contributed by atoms with Crippen molar-refractivity contribution < 1.29 is 9.32 Å². The third-order valence-corrected chi connectivity index (χ3v) is 3.92. The van der Waals surface area contributed by atoms with Crippen LogP contribution in [0, 0.1) is 5.92 Å². The standard InChI is InChI=1S/C16H20N4O2/c1-11(18-15(21)12-7-9-17-10-8-12)14-19-16(22-20-14)13-5-3-2-4-6-13/h2-6,11-12,17H,7-10H2,1H3,(H,18,21). The predicted molar refractivity (Wildman–Crippen MR) is 81.9 cm³/mol. The molecule has 1 amide bonds. The Bertz CT molecular complexity index is 620. The van der Waals surface area contributed by atoms with Crippen molar-refractivity contribution in [2.45, 2.75) is 25.8 Å². The fourth-order valence-corrected chi connectivity index (χ4v) is 2.59. The Morgan fingerprint density at radius 3 is 2.77 bits per heavy atom. The van der Waals surface area contributed by atoms with Crippen LogP contribution in [0.3, 0.4) is 0 Å². The Morgan fingerprint density at radius 2 is 2.05 bits per heavy atom. The molecule has 0 radical (unpaired) electrons. The average Bonchev–Trinajstić information content (AvgIpc) is 3.06. The van der Waals surface area contributed by atoms with Crippen molar-refractivity contribution in [2.24, 2.45) is 5.92 Å². The summed E-state index contributed by atoms with van der Waals surface area (Å²) in [6.07, 6.45) is 1.75. The molecule has 6 nitrogen and oxygen atoms in total. The van der Waals surface area contributed by atoms with Crippen LogP contribution in [-0.2, 0) is 4.79 Å². The Kier molecular flexibility index (Phi) is 4.48. The minimum Gasteiger partial charge on any atom is -0.346 e. The molecule has 0 spiro atoms. The summed E-state index contributed by atoms with van der Waals surface area (Å²) in [4.78, 5) is 16.6. The molecule has 1 aliphatic heterocycles. The number of aromatic nitrogens is 2. The molecule has 1 saturated heterocycles. The zero-order valence-corrected chi connectivity index (χ0v) is 12.6. The molecule has 1 atom stereocenters. The molecule has 0 aliphatic carbocycles. The first kappa shape index (κ1) is 14.7. The van der Waals surface area contributed by atoms with Crippen molar-refractivity contribution in [1.29, 1.82) is 0 Å². The zero-order valence-electron chi connectivity index (χ0n) is 12.6. The summed E-state index contributed by atoms with van der Waals surface area (Å²) in [6, 6.07) is 9.33. The van der Waals surface area contributed by atoms with Crippen molar-refractivity contribution in [2.75, 3.05) is 13.1 Å². The van der Waals surface area contributed by atoms with E-state index in [0.29, 0.717) is 11.7 Å². The Balaban J connectivity index is 1.64. The molecule has 1 unspecified atom stereocenters. The molecule has 116 valence electrons. The van der Waals surface area contributed by atoms with Gasteiger partial charge in [0.15, 0.2) is 5.82 Å². The monoisotopic (exact) mass is 300 g/mol. The number of carbonyl (C=O) groups is 1. The summed E-state index contributed by atoms with van der Waals surface area (Å²) in [5.74, 6) is 1.11. The van der Waals surface area contributed by atoms with Gasteiger partial charge in [0.25, 0.3) is 5.89 Å². The summed E-state index contributed by atoms with van der Waals surface area (Å²) < 4.78 is 5.28. The van der Waals surface area contributed by atoms with E-state index in [1.165, 1.54) is 0 Å². The second kappa shape index (κ2) is 6.70. The second-order valence-electron chi connectivity index (χ2n) is 5.58. The van der Waals surface area contributed by atoms with Crippen molar-refractivity contribution in [1.82, 2.24) is 20.8 Å². The third-order valence-electron chi connectivity index (χ3n) is 3.92. The minimum atomic E-state index is -0.261. The highest BCUT2D eigenvalue weighted by molar-refractivity contribution is 5.79. The fraction of sp³-hybridized carbons (Fsp3) is 0.438. The third kappa shape index (κ3) is 3.33. The Morgan fingerprint density at radius 1 is 1.32 bits per heavy atom. The highest BCUT2D eigenvalue weighted by Crippen LogP contribution is 2.19. The van der Waals surface area contributed by atoms with E-state index < -0.39 is 0 Å². The first-order valence-corrected chi connectivity index (χ1v) is 7.64. The molecule has 6 heteroatoms. The summed E-state index contributed by atoms with van der Waals surface area (Å²) >= 11 is 0. The van der Waals surface area contributed by atoms with Gasteiger partial charge in [0, 0.05) is 11.5 Å². The van der Waals surface area contributed by atoms with Crippen LogP contribution in [0.5, 0.6) is 0 Å². The number of carbonyl (C=O) groups excluding carboxylic acids is 1. The highest BCUT2D eigenvalue weighted by Gasteiger charge is 2.24. The lowest BCUT2D eigenvalue weighted by atomic mass is 9.97. The maximum Gasteiger partial charge on any atom is 0.257 e. The van der Waals surface area contributed by atoms with Crippen LogP contribution in [0.15, 0.2) is 34.9 Å². The zero-order chi connectivity index (χ0) is 15.4. The fourth-order valence-electron chi connectivity index (χ4n) is 2.59. The molecule has 1 fully saturated rings. The van der Waals surface area contributed by atoms with Crippen LogP contribution in [0.1, 0.15) is 31.6 Å². The minimum absolute atomic E-state index is 0.0695. The molecule has 2 aromatic rings. The van der Waals surface area contributed by atoms with Crippen LogP contribution >= 0.6 is 0 Å². The largest absolute Gasteiger partial charge is 0.346 e. The lowest BCUT2D eigenvalue weighted by molar-refractivity contribution is -0.126. The van der Waals surface area contributed by atoms with Crippen LogP contribution in [0.2, 0.25) is 0 Å². The normalized spacial score (nSPS) is 17.1. The van der Waals surface area contributed by atoms with Gasteiger partial charge < -0.3 is 15.2 Å². The first-order chi connectivity index (χ1) is 10.7. The highest BCUT2D eigenvalue weighted by atomic mass is 16.5. The molecule has 0 saturated carbocycles. The van der Waals surface area contributed by atoms with Gasteiger partial charge in [-0.2, -0.15) is 4.98 Å². The number of hydrogen-bond donors (Lipinski definition) is 2. The number of benzene rings is 1. The van der Waals surface area contributed by atoms with E-state index >= 15 is 0 Å². The molecule has 2 N–H and O–H groups in total. The van der Waals surface area contributed by atoms with Crippen LogP contribution in [0.25, 0.3) is 11.5 Å². The Hall–Kier alpha value is -2.21. The van der Waals surface area contributed by atoms with Gasteiger partial charge in [0.2, 0.25) is 5.91 Å². The molecule has 1 aliphatic rings. The molecule has 2 heterocycles. The number of rotatable bonds is 4. The summed E-state index contributed by atoms with van der Waals surface area (Å²) in [5.41, 5.74) is 0.873. The van der Waals surface area contributed by atoms with E-state index in [0.717, 1.165) is 31.5 Å². The molecule has 3 rings (SSSR count). The SMILES string of the molecule is CC(NC(=O)C1CCNCC1)c1noc(-c2ccccc2)n1. The number of hydrogen-bond acceptors (Lipinski definition) is 5. The van der Waals surface area contributed by atoms with E-state index in [1.807, 2.05) is 37.3 Å². The predicted octanol–water partition coefficient (Wildman–Crippen LogP) is 1.91. The van der Waals surface area contributed by atoms with Crippen molar-refractivity contribution in [3.8, 4) is 11.5 Å². The summed E-state index contributed by atoms with van der Waals surface area (Å²) in [5, 5.41) is 10.2. The number of nitrogens with one attached hydrogen (secondary N) is 2. The van der Waals surface area contributed by atoms with Crippen molar-refractivity contribution in [3.63, 3.8) is 0 Å². The molecule has 1 aromatic carbocycles. The van der Waals surface area contributed by atoms with E-state index in [-0.39, 0.29) is 17.9 Å². The molecule has 22 heavy (non-hydrogen) atoms. The summed E-state index contributed by atoms with van der Waals surface area (Å²) in [7, 11) is 0. The number of amides is 1. The van der Waals surface area contributed by atoms with E-state index in [1.54, 1.807) is 0 Å². The topological polar surface area (TPSA) is 80.0 Å². The maximum absolute atomic E-state index is 12.2. The lowest BCUT2D eigenvalue weighted by Crippen LogP contribution is -2.39. The van der Waals surface area contributed by atoms with Crippen molar-refractivity contribution in [3.05, 3.63) is 36.2 Å². The van der Waals surface area contributed by atoms with Gasteiger partial charge in [-0.05, 0) is 45.0 Å². The maximum atomic E-state index is 12.2. The van der Waals surface area contributed by atoms with Gasteiger partial charge >= 0.3 is 0 Å². The smallest absolute Gasteiger partial charge is 0.257 e. The number of piperidine rings is 1. The van der Waals surface area contributed by atoms with Gasteiger partial charge in [-0.1, -0.05) is 23.4 Å². The Labute approximate surface area is 129 Å². The van der Waals surface area contributed by atoms with E-state index in [4.69, 9.17) is 4.52 Å². The van der Waals surface area contributed by atoms with E-state index in [9.17, 15) is 4.79 Å². The summed E-state index contributed by atoms with van der Waals surface area (Å²) in [6.45, 7) is 3.66. The quantitative estimate of drug-likeness (QED) is 0.901. The van der Waals surface area contributed by atoms with Crippen LogP contribution in [0.4, 0.5) is 0 Å². The second-order valence-corrected chi connectivity index (χ2v) is 5.58. The average molecular weight is 300 g/mol. The van der Waals surface area contributed by atoms with Gasteiger partial charge in [-0.15, -0.1) is 0 Å². The van der Waals surface area contributed by atoms with Gasteiger partial charge in [-0.3, -0.25) is 4.79 Å². The van der Waals surface area contributed by atoms with Gasteiger partial charge in [0.1, 0.15) is 0 Å². The lowest BCUT2D eigenvalue weighted by Gasteiger charge is -2.23.